The lowest BCUT2D eigenvalue weighted by Crippen LogP contribution is -2.68. The Labute approximate surface area is 249 Å². The molecule has 2 aromatic carbocycles. The number of fused-ring (bicyclic) bond motifs is 1. The third-order valence-corrected chi connectivity index (χ3v) is 8.52. The minimum Gasteiger partial charge on any atom is -0.465 e. The van der Waals surface area contributed by atoms with Crippen molar-refractivity contribution in [3.8, 4) is 33.6 Å². The molecule has 1 aliphatic heterocycles. The van der Waals surface area contributed by atoms with Gasteiger partial charge in [-0.3, -0.25) is 15.0 Å². The molecule has 4 heterocycles. The van der Waals surface area contributed by atoms with Crippen LogP contribution in [0.3, 0.4) is 0 Å². The Kier molecular flexibility index (Phi) is 6.34. The van der Waals surface area contributed by atoms with E-state index in [0.29, 0.717) is 26.1 Å². The van der Waals surface area contributed by atoms with E-state index in [4.69, 9.17) is 14.5 Å². The van der Waals surface area contributed by atoms with Crippen molar-refractivity contribution in [2.75, 3.05) is 13.2 Å². The van der Waals surface area contributed by atoms with E-state index >= 15 is 0 Å². The second-order valence-electron chi connectivity index (χ2n) is 12.3. The Bertz CT molecular complexity index is 1780. The minimum absolute atomic E-state index is 0.441. The van der Waals surface area contributed by atoms with Gasteiger partial charge in [0.05, 0.1) is 41.9 Å². The fourth-order valence-electron chi connectivity index (χ4n) is 6.85. The van der Waals surface area contributed by atoms with Crippen molar-refractivity contribution in [3.05, 3.63) is 90.9 Å². The Morgan fingerprint density at radius 3 is 2.28 bits per heavy atom. The van der Waals surface area contributed by atoms with E-state index in [1.807, 2.05) is 75.5 Å². The van der Waals surface area contributed by atoms with E-state index in [1.54, 1.807) is 17.3 Å². The summed E-state index contributed by atoms with van der Waals surface area (Å²) in [6, 6.07) is 22.4. The molecule has 1 saturated heterocycles. The van der Waals surface area contributed by atoms with Crippen molar-refractivity contribution in [1.29, 1.82) is 0 Å². The number of ether oxygens (including phenoxy) is 2. The molecule has 9 nitrogen and oxygen atoms in total. The summed E-state index contributed by atoms with van der Waals surface area (Å²) < 4.78 is 11.9. The maximum atomic E-state index is 12.7. The number of aromatic nitrogens is 4. The molecule has 1 saturated carbocycles. The summed E-state index contributed by atoms with van der Waals surface area (Å²) in [7, 11) is 0. The summed E-state index contributed by atoms with van der Waals surface area (Å²) in [6.45, 7) is 6.82. The van der Waals surface area contributed by atoms with Gasteiger partial charge >= 0.3 is 6.09 Å². The van der Waals surface area contributed by atoms with E-state index in [0.717, 1.165) is 50.1 Å². The lowest BCUT2D eigenvalue weighted by atomic mass is 9.64. The molecule has 3 aromatic heterocycles. The molecule has 1 aliphatic carbocycles. The lowest BCUT2D eigenvalue weighted by molar-refractivity contribution is -0.272. The molecule has 2 aliphatic rings. The number of nitrogens with one attached hydrogen (secondary N) is 1. The largest absolute Gasteiger partial charge is 0.465 e. The SMILES string of the molecule is CC(C)(C)N(C(=O)O)C1(c2ccc(-c3nc4ccnc(-c5cn[nH]c5)c4cc3-c3ccccc3)cc2)CC2(C1)OCCO2. The van der Waals surface area contributed by atoms with Gasteiger partial charge in [-0.15, -0.1) is 0 Å². The Hall–Kier alpha value is -4.60. The molecule has 7 rings (SSSR count). The van der Waals surface area contributed by atoms with Gasteiger partial charge in [-0.1, -0.05) is 54.6 Å². The first-order chi connectivity index (χ1) is 20.7. The number of carbonyl (C=O) groups is 1. The molecular weight excluding hydrogens is 542 g/mol. The van der Waals surface area contributed by atoms with E-state index in [1.165, 1.54) is 0 Å². The first kappa shape index (κ1) is 27.2. The summed E-state index contributed by atoms with van der Waals surface area (Å²) in [6.07, 6.45) is 5.28. The summed E-state index contributed by atoms with van der Waals surface area (Å²) >= 11 is 0. The van der Waals surface area contributed by atoms with Gasteiger partial charge in [0.1, 0.15) is 0 Å². The molecule has 0 atom stereocenters. The standard InChI is InChI=1S/C34H33N5O4/c1-32(2,3)39(31(40)41)33(20-34(21-33)42-15-16-43-34)25-11-9-23(10-12-25)30-26(22-7-5-4-6-8-22)17-27-28(38-30)13-14-35-29(27)24-18-36-37-19-24/h4-14,17-19H,15-16,20-21H2,1-3H3,(H,36,37)(H,40,41). The quantitative estimate of drug-likeness (QED) is 0.235. The van der Waals surface area contributed by atoms with Crippen LogP contribution in [0.1, 0.15) is 39.2 Å². The van der Waals surface area contributed by atoms with Gasteiger partial charge < -0.3 is 14.6 Å². The van der Waals surface area contributed by atoms with Crippen LogP contribution < -0.4 is 0 Å². The molecule has 1 spiro atoms. The molecule has 0 unspecified atom stereocenters. The fraction of sp³-hybridized carbons (Fsp3) is 0.294. The summed E-state index contributed by atoms with van der Waals surface area (Å²) in [4.78, 5) is 24.1. The highest BCUT2D eigenvalue weighted by molar-refractivity contribution is 5.98. The van der Waals surface area contributed by atoms with E-state index in [9.17, 15) is 9.90 Å². The Morgan fingerprint density at radius 2 is 1.65 bits per heavy atom. The van der Waals surface area contributed by atoms with Crippen LogP contribution in [0.4, 0.5) is 4.79 Å². The van der Waals surface area contributed by atoms with Crippen molar-refractivity contribution >= 4 is 17.0 Å². The number of nitrogens with zero attached hydrogens (tertiary/aromatic N) is 4. The molecular formula is C34H33N5O4. The number of amides is 1. The van der Waals surface area contributed by atoms with Crippen molar-refractivity contribution in [1.82, 2.24) is 25.1 Å². The number of hydrogen-bond acceptors (Lipinski definition) is 6. The molecule has 0 bridgehead atoms. The first-order valence-electron chi connectivity index (χ1n) is 14.5. The Morgan fingerprint density at radius 1 is 0.930 bits per heavy atom. The van der Waals surface area contributed by atoms with Gasteiger partial charge in [-0.05, 0) is 44.0 Å². The van der Waals surface area contributed by atoms with Crippen LogP contribution in [0.2, 0.25) is 0 Å². The molecule has 0 radical (unpaired) electrons. The first-order valence-corrected chi connectivity index (χ1v) is 14.5. The Balaban J connectivity index is 1.35. The number of benzene rings is 2. The average Bonchev–Trinajstić information content (AvgIpc) is 3.69. The van der Waals surface area contributed by atoms with Crippen LogP contribution >= 0.6 is 0 Å². The molecule has 1 amide bonds. The smallest absolute Gasteiger partial charge is 0.408 e. The van der Waals surface area contributed by atoms with Crippen molar-refractivity contribution in [3.63, 3.8) is 0 Å². The van der Waals surface area contributed by atoms with Gasteiger partial charge in [0.2, 0.25) is 0 Å². The lowest BCUT2D eigenvalue weighted by Gasteiger charge is -2.60. The minimum atomic E-state index is -0.964. The summed E-state index contributed by atoms with van der Waals surface area (Å²) in [5.74, 6) is -0.737. The van der Waals surface area contributed by atoms with E-state index in [-0.39, 0.29) is 0 Å². The predicted octanol–water partition coefficient (Wildman–Crippen LogP) is 6.86. The number of carboxylic acid groups (broad SMARTS) is 1. The van der Waals surface area contributed by atoms with E-state index in [2.05, 4.69) is 33.4 Å². The fourth-order valence-corrected chi connectivity index (χ4v) is 6.85. The molecule has 2 fully saturated rings. The molecule has 9 heteroatoms. The second-order valence-corrected chi connectivity index (χ2v) is 12.3. The zero-order valence-electron chi connectivity index (χ0n) is 24.4. The van der Waals surface area contributed by atoms with Gasteiger partial charge in [-0.2, -0.15) is 5.10 Å². The second kappa shape index (κ2) is 10.00. The third-order valence-electron chi connectivity index (χ3n) is 8.52. The van der Waals surface area contributed by atoms with Gasteiger partial charge in [0.15, 0.2) is 5.79 Å². The molecule has 43 heavy (non-hydrogen) atoms. The maximum Gasteiger partial charge on any atom is 0.408 e. The zero-order chi connectivity index (χ0) is 29.8. The normalized spacial score (nSPS) is 17.2. The zero-order valence-corrected chi connectivity index (χ0v) is 24.4. The van der Waals surface area contributed by atoms with Crippen LogP contribution in [-0.2, 0) is 15.0 Å². The van der Waals surface area contributed by atoms with Crippen LogP contribution in [-0.4, -0.2) is 60.8 Å². The van der Waals surface area contributed by atoms with Crippen LogP contribution in [0.25, 0.3) is 44.5 Å². The van der Waals surface area contributed by atoms with Gasteiger partial charge in [-0.25, -0.2) is 9.78 Å². The van der Waals surface area contributed by atoms with Gasteiger partial charge in [0, 0.05) is 52.9 Å². The van der Waals surface area contributed by atoms with Crippen LogP contribution in [0.15, 0.2) is 85.3 Å². The highest BCUT2D eigenvalue weighted by atomic mass is 16.7. The number of rotatable bonds is 5. The average molecular weight is 576 g/mol. The molecule has 2 N–H and O–H groups in total. The van der Waals surface area contributed by atoms with Crippen molar-refractivity contribution < 1.29 is 19.4 Å². The number of pyridine rings is 2. The summed E-state index contributed by atoms with van der Waals surface area (Å²) in [5.41, 5.74) is 5.80. The van der Waals surface area contributed by atoms with Crippen LogP contribution in [0, 0.1) is 0 Å². The number of H-pyrrole nitrogens is 1. The monoisotopic (exact) mass is 575 g/mol. The number of aromatic amines is 1. The maximum absolute atomic E-state index is 12.7. The highest BCUT2D eigenvalue weighted by Gasteiger charge is 2.64. The topological polar surface area (TPSA) is 113 Å². The predicted molar refractivity (Wildman–Crippen MR) is 163 cm³/mol. The summed E-state index contributed by atoms with van der Waals surface area (Å²) in [5, 5.41) is 18.3. The van der Waals surface area contributed by atoms with Gasteiger partial charge in [0.25, 0.3) is 0 Å². The molecule has 5 aromatic rings. The highest BCUT2D eigenvalue weighted by Crippen LogP contribution is 2.58. The van der Waals surface area contributed by atoms with Crippen molar-refractivity contribution in [2.45, 2.75) is 50.5 Å². The third kappa shape index (κ3) is 4.56. The molecule has 218 valence electrons. The number of hydrogen-bond donors (Lipinski definition) is 2. The van der Waals surface area contributed by atoms with Crippen molar-refractivity contribution in [2.24, 2.45) is 0 Å². The van der Waals surface area contributed by atoms with Crippen LogP contribution in [0.5, 0.6) is 0 Å². The van der Waals surface area contributed by atoms with E-state index < -0.39 is 23.0 Å².